The molecular weight excluding hydrogens is 202 g/mol. The predicted molar refractivity (Wildman–Crippen MR) is 56.0 cm³/mol. The van der Waals surface area contributed by atoms with E-state index in [4.69, 9.17) is 16.9 Å². The second-order valence-electron chi connectivity index (χ2n) is 2.48. The molecule has 0 bridgehead atoms. The Morgan fingerprint density at radius 3 is 2.79 bits per heavy atom. The number of hydrazone groups is 1. The standard InChI is InChI=1S/C7H11N5OS/c1-5(10-8)12(9)7(11-13)6-2-3-14-4-6/h2-4,13H,8-9H2,1H3/b10-5-,11-7+. The highest BCUT2D eigenvalue weighted by molar-refractivity contribution is 7.08. The molecular formula is C7H11N5OS. The largest absolute Gasteiger partial charge is 0.409 e. The van der Waals surface area contributed by atoms with Gasteiger partial charge in [0.2, 0.25) is 0 Å². The van der Waals surface area contributed by atoms with Crippen LogP contribution < -0.4 is 11.7 Å². The van der Waals surface area contributed by atoms with Crippen LogP contribution in [-0.4, -0.2) is 21.9 Å². The van der Waals surface area contributed by atoms with Crippen LogP contribution in [0.25, 0.3) is 0 Å². The van der Waals surface area contributed by atoms with E-state index in [1.165, 1.54) is 11.3 Å². The topological polar surface area (TPSA) is 100 Å². The first kappa shape index (κ1) is 10.5. The van der Waals surface area contributed by atoms with Gasteiger partial charge in [-0.05, 0) is 18.4 Å². The minimum Gasteiger partial charge on any atom is -0.409 e. The van der Waals surface area contributed by atoms with Crippen molar-refractivity contribution in [1.82, 2.24) is 5.01 Å². The van der Waals surface area contributed by atoms with Crippen LogP contribution in [-0.2, 0) is 0 Å². The fourth-order valence-electron chi connectivity index (χ4n) is 0.852. The van der Waals surface area contributed by atoms with Gasteiger partial charge in [0.1, 0.15) is 5.84 Å². The first-order valence-electron chi connectivity index (χ1n) is 3.74. The molecule has 0 aliphatic rings. The van der Waals surface area contributed by atoms with E-state index in [0.29, 0.717) is 11.4 Å². The minimum atomic E-state index is 0.206. The average molecular weight is 213 g/mol. The molecule has 14 heavy (non-hydrogen) atoms. The lowest BCUT2D eigenvalue weighted by Crippen LogP contribution is -2.42. The molecule has 0 spiro atoms. The van der Waals surface area contributed by atoms with Gasteiger partial charge in [-0.2, -0.15) is 16.4 Å². The number of nitrogens with zero attached hydrogens (tertiary/aromatic N) is 3. The number of hydrogen-bond donors (Lipinski definition) is 3. The van der Waals surface area contributed by atoms with E-state index in [0.717, 1.165) is 5.01 Å². The van der Waals surface area contributed by atoms with E-state index in [9.17, 15) is 0 Å². The lowest BCUT2D eigenvalue weighted by Gasteiger charge is -2.16. The summed E-state index contributed by atoms with van der Waals surface area (Å²) in [4.78, 5) is 0. The molecule has 6 nitrogen and oxygen atoms in total. The maximum Gasteiger partial charge on any atom is 0.195 e. The van der Waals surface area contributed by atoms with E-state index < -0.39 is 0 Å². The van der Waals surface area contributed by atoms with Crippen LogP contribution in [0.15, 0.2) is 27.1 Å². The van der Waals surface area contributed by atoms with Crippen LogP contribution in [0, 0.1) is 0 Å². The number of amidine groups is 2. The normalized spacial score (nSPS) is 13.0. The molecule has 0 amide bonds. The summed E-state index contributed by atoms with van der Waals surface area (Å²) in [5.74, 6) is 11.2. The van der Waals surface area contributed by atoms with Crippen molar-refractivity contribution in [3.8, 4) is 0 Å². The molecule has 1 rings (SSSR count). The Morgan fingerprint density at radius 2 is 2.36 bits per heavy atom. The van der Waals surface area contributed by atoms with Gasteiger partial charge >= 0.3 is 0 Å². The van der Waals surface area contributed by atoms with Crippen LogP contribution in [0.3, 0.4) is 0 Å². The van der Waals surface area contributed by atoms with Crippen LogP contribution in [0.4, 0.5) is 0 Å². The van der Waals surface area contributed by atoms with E-state index in [1.54, 1.807) is 18.4 Å². The molecule has 0 unspecified atom stereocenters. The molecule has 0 aliphatic heterocycles. The third-order valence-corrected chi connectivity index (χ3v) is 2.32. The zero-order valence-electron chi connectivity index (χ0n) is 7.58. The van der Waals surface area contributed by atoms with E-state index in [2.05, 4.69) is 10.3 Å². The van der Waals surface area contributed by atoms with Gasteiger partial charge in [0.15, 0.2) is 5.84 Å². The predicted octanol–water partition coefficient (Wildman–Crippen LogP) is 0.352. The van der Waals surface area contributed by atoms with Crippen molar-refractivity contribution in [2.24, 2.45) is 21.9 Å². The molecule has 5 N–H and O–H groups in total. The van der Waals surface area contributed by atoms with Crippen LogP contribution >= 0.6 is 11.3 Å². The van der Waals surface area contributed by atoms with Gasteiger partial charge in [-0.3, -0.25) is 0 Å². The van der Waals surface area contributed by atoms with Crippen molar-refractivity contribution in [3.63, 3.8) is 0 Å². The average Bonchev–Trinajstić information content (AvgIpc) is 2.71. The molecule has 0 aromatic carbocycles. The summed E-state index contributed by atoms with van der Waals surface area (Å²) in [7, 11) is 0. The Labute approximate surface area is 85.1 Å². The highest BCUT2D eigenvalue weighted by Gasteiger charge is 2.13. The molecule has 0 radical (unpaired) electrons. The maximum absolute atomic E-state index is 8.79. The number of hydrogen-bond acceptors (Lipinski definition) is 6. The first-order valence-corrected chi connectivity index (χ1v) is 4.69. The molecule has 1 heterocycles. The summed E-state index contributed by atoms with van der Waals surface area (Å²) in [5, 5.41) is 20.0. The van der Waals surface area contributed by atoms with Gasteiger partial charge in [0.05, 0.1) is 0 Å². The fraction of sp³-hybridized carbons (Fsp3) is 0.143. The lowest BCUT2D eigenvalue weighted by molar-refractivity contribution is 0.311. The number of oxime groups is 1. The SMILES string of the molecule is C/C(=N/N)N(N)/C(=N/O)c1ccsc1. The second kappa shape index (κ2) is 4.58. The van der Waals surface area contributed by atoms with Crippen molar-refractivity contribution in [3.05, 3.63) is 22.4 Å². The Kier molecular flexibility index (Phi) is 3.43. The van der Waals surface area contributed by atoms with Crippen LogP contribution in [0.1, 0.15) is 12.5 Å². The molecule has 7 heteroatoms. The molecule has 0 atom stereocenters. The molecule has 0 saturated carbocycles. The van der Waals surface area contributed by atoms with E-state index in [-0.39, 0.29) is 5.84 Å². The summed E-state index contributed by atoms with van der Waals surface area (Å²) >= 11 is 1.47. The highest BCUT2D eigenvalue weighted by atomic mass is 32.1. The van der Waals surface area contributed by atoms with Crippen molar-refractivity contribution in [1.29, 1.82) is 0 Å². The minimum absolute atomic E-state index is 0.206. The van der Waals surface area contributed by atoms with Gasteiger partial charge in [0, 0.05) is 10.9 Å². The second-order valence-corrected chi connectivity index (χ2v) is 3.26. The number of hydrazine groups is 1. The summed E-state index contributed by atoms with van der Waals surface area (Å²) < 4.78 is 0. The molecule has 76 valence electrons. The number of thiophene rings is 1. The Bertz CT molecular complexity index is 345. The zero-order chi connectivity index (χ0) is 10.6. The van der Waals surface area contributed by atoms with Crippen LogP contribution in [0.2, 0.25) is 0 Å². The van der Waals surface area contributed by atoms with Crippen molar-refractivity contribution >= 4 is 23.0 Å². The monoisotopic (exact) mass is 213 g/mol. The first-order chi connectivity index (χ1) is 6.70. The Hall–Kier alpha value is -1.60. The Balaban J connectivity index is 2.95. The maximum atomic E-state index is 8.79. The highest BCUT2D eigenvalue weighted by Crippen LogP contribution is 2.08. The number of rotatable bonds is 1. The van der Waals surface area contributed by atoms with E-state index >= 15 is 0 Å². The fourth-order valence-corrected chi connectivity index (χ4v) is 1.49. The summed E-state index contributed by atoms with van der Waals surface area (Å²) in [6, 6.07) is 1.78. The molecule has 1 aromatic heterocycles. The van der Waals surface area contributed by atoms with Crippen molar-refractivity contribution < 1.29 is 5.21 Å². The quantitative estimate of drug-likeness (QED) is 0.206. The summed E-state index contributed by atoms with van der Waals surface area (Å²) in [6.07, 6.45) is 0. The zero-order valence-corrected chi connectivity index (χ0v) is 8.40. The van der Waals surface area contributed by atoms with Crippen molar-refractivity contribution in [2.75, 3.05) is 0 Å². The summed E-state index contributed by atoms with van der Waals surface area (Å²) in [5.41, 5.74) is 0.711. The lowest BCUT2D eigenvalue weighted by atomic mass is 10.3. The third kappa shape index (κ3) is 2.01. The van der Waals surface area contributed by atoms with Gasteiger partial charge in [0.25, 0.3) is 0 Å². The molecule has 0 saturated heterocycles. The summed E-state index contributed by atoms with van der Waals surface area (Å²) in [6.45, 7) is 1.61. The van der Waals surface area contributed by atoms with Crippen molar-refractivity contribution in [2.45, 2.75) is 6.92 Å². The third-order valence-electron chi connectivity index (χ3n) is 1.64. The molecule has 1 aromatic rings. The number of nitrogens with two attached hydrogens (primary N) is 2. The smallest absolute Gasteiger partial charge is 0.195 e. The van der Waals surface area contributed by atoms with Crippen LogP contribution in [0.5, 0.6) is 0 Å². The van der Waals surface area contributed by atoms with Gasteiger partial charge in [-0.25, -0.2) is 10.9 Å². The Morgan fingerprint density at radius 1 is 1.64 bits per heavy atom. The van der Waals surface area contributed by atoms with Gasteiger partial charge < -0.3 is 11.0 Å². The van der Waals surface area contributed by atoms with E-state index in [1.807, 2.05) is 5.38 Å². The van der Waals surface area contributed by atoms with Gasteiger partial charge in [-0.15, -0.1) is 0 Å². The molecule has 0 aliphatic carbocycles. The molecule has 0 fully saturated rings. The van der Waals surface area contributed by atoms with Gasteiger partial charge in [-0.1, -0.05) is 5.16 Å².